The zero-order valence-electron chi connectivity index (χ0n) is 43.0. The van der Waals surface area contributed by atoms with Crippen molar-refractivity contribution in [2.24, 2.45) is 22.7 Å². The van der Waals surface area contributed by atoms with Gasteiger partial charge in [-0.1, -0.05) is 69.2 Å². The van der Waals surface area contributed by atoms with Gasteiger partial charge in [-0.05, 0) is 86.0 Å². The molecule has 2 aromatic heterocycles. The minimum Gasteiger partial charge on any atom is -0.472 e. The third-order valence-corrected chi connectivity index (χ3v) is 21.8. The first-order valence-corrected chi connectivity index (χ1v) is 26.1. The molecule has 0 radical (unpaired) electrons. The summed E-state index contributed by atoms with van der Waals surface area (Å²) >= 11 is 0. The Bertz CT molecular complexity index is 2270. The lowest BCUT2D eigenvalue weighted by atomic mass is 9.43. The number of carbonyl (C=O) groups excluding carboxylic acids is 6. The molecule has 2 N–H and O–H groups in total. The Labute approximate surface area is 406 Å². The lowest BCUT2D eigenvalue weighted by Gasteiger charge is -2.68. The SMILES string of the molecule is CC(=O)O[C@H]1C(=O)[C@@]2(C)[C@H]([C@H](OC(=O)c3ccoc3)[C@]3(O)C[C@H](OC(=O)[C@H](O[Si](C(C)C)(C(C)C)C(C)C)[C@@H](NC(=O)OC(C)(C)C)c4ccco4)C(C)=C1C3(C)C)[C@]1(OC(C)=O)CO[C@@H]1C[C@@H]2C. The zero-order valence-corrected chi connectivity index (χ0v) is 44.0. The summed E-state index contributed by atoms with van der Waals surface area (Å²) in [5, 5.41) is 16.9. The molecular formula is C51H73NO16Si. The van der Waals surface area contributed by atoms with Gasteiger partial charge >= 0.3 is 30.0 Å². The van der Waals surface area contributed by atoms with Gasteiger partial charge in [-0.3, -0.25) is 14.4 Å². The van der Waals surface area contributed by atoms with Gasteiger partial charge in [-0.2, -0.15) is 0 Å². The topological polar surface area (TPSA) is 226 Å². The van der Waals surface area contributed by atoms with Crippen molar-refractivity contribution < 1.29 is 75.6 Å². The summed E-state index contributed by atoms with van der Waals surface area (Å²) in [7, 11) is -3.06. The summed E-state index contributed by atoms with van der Waals surface area (Å²) in [6.45, 7) is 27.9. The van der Waals surface area contributed by atoms with Crippen LogP contribution in [0.2, 0.25) is 16.6 Å². The van der Waals surface area contributed by atoms with Crippen LogP contribution in [0.5, 0.6) is 0 Å². The summed E-state index contributed by atoms with van der Waals surface area (Å²) in [6, 6.07) is 3.28. The number of hydrogen-bond acceptors (Lipinski definition) is 16. The predicted molar refractivity (Wildman–Crippen MR) is 251 cm³/mol. The Morgan fingerprint density at radius 1 is 0.913 bits per heavy atom. The zero-order chi connectivity index (χ0) is 51.6. The number of rotatable bonds is 14. The molecule has 1 amide bonds. The molecule has 1 saturated heterocycles. The van der Waals surface area contributed by atoms with Gasteiger partial charge in [-0.15, -0.1) is 0 Å². The van der Waals surface area contributed by atoms with Crippen molar-refractivity contribution >= 4 is 44.1 Å². The number of amides is 1. The largest absolute Gasteiger partial charge is 0.472 e. The van der Waals surface area contributed by atoms with Crippen LogP contribution in [0.4, 0.5) is 4.79 Å². The van der Waals surface area contributed by atoms with E-state index in [2.05, 4.69) is 5.32 Å². The monoisotopic (exact) mass is 983 g/mol. The number of fused-ring (bicyclic) bond motifs is 5. The number of alkyl carbamates (subject to hydrolysis) is 1. The van der Waals surface area contributed by atoms with Crippen molar-refractivity contribution in [3.63, 3.8) is 0 Å². The Hall–Kier alpha value is -4.78. The first-order valence-electron chi connectivity index (χ1n) is 24.0. The summed E-state index contributed by atoms with van der Waals surface area (Å²) in [5.41, 5.74) is -7.87. The normalized spacial score (nSPS) is 30.8. The van der Waals surface area contributed by atoms with E-state index in [-0.39, 0.29) is 52.1 Å². The van der Waals surface area contributed by atoms with Crippen molar-refractivity contribution in [1.82, 2.24) is 5.32 Å². The van der Waals surface area contributed by atoms with Crippen LogP contribution in [0.15, 0.2) is 57.0 Å². The van der Waals surface area contributed by atoms with E-state index >= 15 is 9.59 Å². The number of Topliss-reactive ketones (excluding diaryl/α,β-unsaturated/α-hetero) is 1. The van der Waals surface area contributed by atoms with Crippen molar-refractivity contribution in [3.8, 4) is 0 Å². The molecule has 0 spiro atoms. The predicted octanol–water partition coefficient (Wildman–Crippen LogP) is 8.49. The summed E-state index contributed by atoms with van der Waals surface area (Å²) in [4.78, 5) is 86.1. The Kier molecular flexibility index (Phi) is 14.8. The Morgan fingerprint density at radius 2 is 1.55 bits per heavy atom. The van der Waals surface area contributed by atoms with Crippen LogP contribution in [0, 0.1) is 22.7 Å². The molecule has 2 bridgehead atoms. The van der Waals surface area contributed by atoms with Crippen LogP contribution in [-0.2, 0) is 52.0 Å². The minimum atomic E-state index is -3.06. The molecule has 0 aromatic carbocycles. The van der Waals surface area contributed by atoms with Crippen molar-refractivity contribution in [3.05, 3.63) is 59.5 Å². The number of ketones is 1. The molecule has 18 heteroatoms. The standard InChI is InChI=1S/C51H73NO16Si/c1-26(2)69(27(3)4,28(5)6)68-40(38(34-18-17-20-61-34)52-46(58)67-47(11,12)13)45(57)64-35-23-51(59)43(65-44(56)33-19-21-60-24-33)41-49(16,29(7)22-36-50(41,25-62-36)66-32(10)54)42(55)39(63-31(9)53)37(30(35)8)48(51,14)15/h17-21,24,26-29,35-36,38-41,43,59H,22-23,25H2,1-16H3,(H,52,58)/t29-,35-,36+,38-,39+,40+,41-,43-,49+,50-,51+/m0/s1. The third kappa shape index (κ3) is 9.23. The summed E-state index contributed by atoms with van der Waals surface area (Å²) in [5.74, 6) is -5.74. The molecule has 11 atom stereocenters. The molecule has 4 aliphatic rings. The van der Waals surface area contributed by atoms with Crippen LogP contribution in [0.25, 0.3) is 0 Å². The number of nitrogens with one attached hydrogen (secondary N) is 1. The number of hydrogen-bond donors (Lipinski definition) is 2. The van der Waals surface area contributed by atoms with E-state index in [4.69, 9.17) is 41.7 Å². The number of furan rings is 2. The Morgan fingerprint density at radius 3 is 2.04 bits per heavy atom. The number of esters is 4. The first kappa shape index (κ1) is 53.6. The number of aliphatic hydroxyl groups is 1. The lowest BCUT2D eigenvalue weighted by Crippen LogP contribution is -2.80. The molecule has 3 fully saturated rings. The molecule has 17 nitrogen and oxygen atoms in total. The van der Waals surface area contributed by atoms with Crippen molar-refractivity contribution in [1.29, 1.82) is 0 Å². The maximum atomic E-state index is 15.9. The highest BCUT2D eigenvalue weighted by atomic mass is 28.4. The van der Waals surface area contributed by atoms with E-state index in [1.165, 1.54) is 38.7 Å². The van der Waals surface area contributed by atoms with Crippen molar-refractivity contribution in [2.75, 3.05) is 6.61 Å². The van der Waals surface area contributed by atoms with Crippen LogP contribution in [-0.4, -0.2) is 103 Å². The van der Waals surface area contributed by atoms with Crippen LogP contribution >= 0.6 is 0 Å². The van der Waals surface area contributed by atoms with E-state index in [0.717, 1.165) is 0 Å². The van der Waals surface area contributed by atoms with Gasteiger partial charge in [0.1, 0.15) is 47.6 Å². The molecule has 6 rings (SSSR count). The molecule has 0 unspecified atom stereocenters. The van der Waals surface area contributed by atoms with Gasteiger partial charge in [0.05, 0.1) is 30.6 Å². The van der Waals surface area contributed by atoms with E-state index in [9.17, 15) is 24.3 Å². The molecule has 1 aliphatic heterocycles. The molecule has 2 saturated carbocycles. The van der Waals surface area contributed by atoms with Gasteiger partial charge in [0.2, 0.25) is 8.32 Å². The fourth-order valence-corrected chi connectivity index (χ4v) is 17.9. The highest BCUT2D eigenvalue weighted by molar-refractivity contribution is 6.77. The van der Waals surface area contributed by atoms with Gasteiger partial charge in [0.25, 0.3) is 0 Å². The second-order valence-corrected chi connectivity index (χ2v) is 27.6. The highest BCUT2D eigenvalue weighted by Gasteiger charge is 2.78. The van der Waals surface area contributed by atoms with E-state index in [1.807, 2.05) is 48.5 Å². The van der Waals surface area contributed by atoms with E-state index in [1.54, 1.807) is 60.6 Å². The van der Waals surface area contributed by atoms with Gasteiger partial charge in [0, 0.05) is 31.1 Å². The maximum absolute atomic E-state index is 15.9. The lowest BCUT2D eigenvalue weighted by molar-refractivity contribution is -0.340. The third-order valence-electron chi connectivity index (χ3n) is 15.7. The van der Waals surface area contributed by atoms with Crippen LogP contribution in [0.3, 0.4) is 0 Å². The van der Waals surface area contributed by atoms with Crippen LogP contribution < -0.4 is 5.32 Å². The number of carbonyl (C=O) groups is 6. The second kappa shape index (κ2) is 19.1. The Balaban J connectivity index is 1.61. The molecule has 382 valence electrons. The first-order chi connectivity index (χ1) is 31.9. The highest BCUT2D eigenvalue weighted by Crippen LogP contribution is 2.66. The van der Waals surface area contributed by atoms with E-state index in [0.29, 0.717) is 0 Å². The molecule has 3 aliphatic carbocycles. The summed E-state index contributed by atoms with van der Waals surface area (Å²) in [6.07, 6.45) is -4.38. The molecule has 2 aromatic rings. The van der Waals surface area contributed by atoms with Crippen LogP contribution in [0.1, 0.15) is 146 Å². The molecule has 3 heterocycles. The molecular weight excluding hydrogens is 911 g/mol. The minimum absolute atomic E-state index is 0.00336. The average molecular weight is 984 g/mol. The van der Waals surface area contributed by atoms with E-state index < -0.39 is 127 Å². The smallest absolute Gasteiger partial charge is 0.408 e. The average Bonchev–Trinajstić information content (AvgIpc) is 3.97. The second-order valence-electron chi connectivity index (χ2n) is 22.2. The quantitative estimate of drug-likeness (QED) is 0.0783. The fraction of sp³-hybridized carbons (Fsp3) is 0.686. The maximum Gasteiger partial charge on any atom is 0.408 e. The summed E-state index contributed by atoms with van der Waals surface area (Å²) < 4.78 is 55.7. The molecule has 69 heavy (non-hydrogen) atoms. The van der Waals surface area contributed by atoms with Crippen molar-refractivity contribution in [2.45, 2.75) is 194 Å². The number of ether oxygens (including phenoxy) is 6. The van der Waals surface area contributed by atoms with Gasteiger partial charge < -0.3 is 52.1 Å². The fourth-order valence-electron chi connectivity index (χ4n) is 12.4. The van der Waals surface area contributed by atoms with Gasteiger partial charge in [-0.25, -0.2) is 14.4 Å². The van der Waals surface area contributed by atoms with Gasteiger partial charge in [0.15, 0.2) is 23.6 Å².